The first-order valence-corrected chi connectivity index (χ1v) is 9.64. The van der Waals surface area contributed by atoms with E-state index in [1.54, 1.807) is 29.7 Å². The van der Waals surface area contributed by atoms with Crippen molar-refractivity contribution in [2.45, 2.75) is 31.9 Å². The molecule has 4 aromatic rings. The number of benzene rings is 1. The first-order valence-electron chi connectivity index (χ1n) is 9.64. The second-order valence-corrected chi connectivity index (χ2v) is 7.58. The summed E-state index contributed by atoms with van der Waals surface area (Å²) >= 11 is 0. The van der Waals surface area contributed by atoms with Gasteiger partial charge in [-0.15, -0.1) is 10.2 Å². The summed E-state index contributed by atoms with van der Waals surface area (Å²) in [5.41, 5.74) is 4.04. The van der Waals surface area contributed by atoms with Gasteiger partial charge in [-0.05, 0) is 37.6 Å². The van der Waals surface area contributed by atoms with E-state index in [1.807, 2.05) is 0 Å². The molecule has 9 heteroatoms. The molecule has 3 aromatic heterocycles. The number of anilines is 1. The monoisotopic (exact) mass is 406 g/mol. The first kappa shape index (κ1) is 17.3. The Balaban J connectivity index is 1.36. The van der Waals surface area contributed by atoms with Gasteiger partial charge in [0, 0.05) is 46.6 Å². The van der Waals surface area contributed by atoms with E-state index >= 15 is 0 Å². The molecular formula is C21H16F2N6O. The van der Waals surface area contributed by atoms with Crippen molar-refractivity contribution in [3.05, 3.63) is 65.4 Å². The van der Waals surface area contributed by atoms with Crippen LogP contribution in [0.25, 0.3) is 16.8 Å². The summed E-state index contributed by atoms with van der Waals surface area (Å²) in [7, 11) is 0. The number of fused-ring (bicyclic) bond motifs is 4. The highest BCUT2D eigenvalue weighted by Crippen LogP contribution is 2.55. The molecule has 0 bridgehead atoms. The average Bonchev–Trinajstić information content (AvgIpc) is 3.15. The molecule has 0 spiro atoms. The van der Waals surface area contributed by atoms with Gasteiger partial charge in [-0.2, -0.15) is 4.39 Å². The zero-order chi connectivity index (χ0) is 20.4. The zero-order valence-electron chi connectivity index (χ0n) is 15.9. The predicted molar refractivity (Wildman–Crippen MR) is 104 cm³/mol. The Morgan fingerprint density at radius 3 is 2.97 bits per heavy atom. The minimum absolute atomic E-state index is 0.190. The van der Waals surface area contributed by atoms with Crippen molar-refractivity contribution in [2.75, 3.05) is 5.32 Å². The lowest BCUT2D eigenvalue weighted by Crippen LogP contribution is -2.10. The highest BCUT2D eigenvalue weighted by molar-refractivity contribution is 5.78. The maximum Gasteiger partial charge on any atom is 0.213 e. The average molecular weight is 406 g/mol. The third-order valence-electron chi connectivity index (χ3n) is 5.74. The SMILES string of the molecule is Cc1nc(F)ccc1-c1cnc(NCc2c(F)ccc3c2C2CC2O3)n2cnnc12. The number of rotatable bonds is 4. The lowest BCUT2D eigenvalue weighted by atomic mass is 10.0. The number of hydrogen-bond acceptors (Lipinski definition) is 6. The lowest BCUT2D eigenvalue weighted by Gasteiger charge is -2.14. The van der Waals surface area contributed by atoms with Gasteiger partial charge in [-0.25, -0.2) is 14.4 Å². The molecule has 1 aliphatic heterocycles. The molecule has 150 valence electrons. The molecule has 30 heavy (non-hydrogen) atoms. The number of aromatic nitrogens is 5. The van der Waals surface area contributed by atoms with Crippen molar-refractivity contribution in [3.63, 3.8) is 0 Å². The van der Waals surface area contributed by atoms with Crippen LogP contribution in [0.4, 0.5) is 14.7 Å². The Morgan fingerprint density at radius 1 is 1.20 bits per heavy atom. The molecule has 2 unspecified atom stereocenters. The molecular weight excluding hydrogens is 390 g/mol. The highest BCUT2D eigenvalue weighted by atomic mass is 19.1. The zero-order valence-corrected chi connectivity index (χ0v) is 15.9. The fraction of sp³-hybridized carbons (Fsp3) is 0.238. The Morgan fingerprint density at radius 2 is 2.10 bits per heavy atom. The van der Waals surface area contributed by atoms with Crippen LogP contribution in [0.5, 0.6) is 5.75 Å². The molecule has 0 saturated heterocycles. The van der Waals surface area contributed by atoms with E-state index < -0.39 is 5.95 Å². The number of nitrogens with zero attached hydrogens (tertiary/aromatic N) is 5. The van der Waals surface area contributed by atoms with Gasteiger partial charge in [0.1, 0.15) is 24.0 Å². The summed E-state index contributed by atoms with van der Waals surface area (Å²) in [4.78, 5) is 8.36. The Labute approximate surface area is 169 Å². The number of aryl methyl sites for hydroxylation is 1. The standard InChI is InChI=1S/C21H16F2N6O/c1-10-11(2-5-18(23)27-10)13-7-24-21(29-9-26-28-20(13)29)25-8-14-15(22)3-4-16-19(14)12-6-17(12)30-16/h2-5,7,9,12,17H,6,8H2,1H3,(H,24,25). The van der Waals surface area contributed by atoms with E-state index in [0.717, 1.165) is 23.3 Å². The van der Waals surface area contributed by atoms with Gasteiger partial charge in [0.15, 0.2) is 5.65 Å². The second kappa shape index (κ2) is 6.19. The van der Waals surface area contributed by atoms with Crippen LogP contribution in [0, 0.1) is 18.7 Å². The van der Waals surface area contributed by atoms with Crippen LogP contribution in [-0.2, 0) is 6.54 Å². The van der Waals surface area contributed by atoms with Crippen molar-refractivity contribution in [3.8, 4) is 16.9 Å². The van der Waals surface area contributed by atoms with E-state index in [2.05, 4.69) is 25.5 Å². The molecule has 1 N–H and O–H groups in total. The summed E-state index contributed by atoms with van der Waals surface area (Å²) in [6, 6.07) is 6.08. The lowest BCUT2D eigenvalue weighted by molar-refractivity contribution is 0.318. The van der Waals surface area contributed by atoms with Gasteiger partial charge in [0.25, 0.3) is 0 Å². The Kier molecular flexibility index (Phi) is 3.56. The van der Waals surface area contributed by atoms with Crippen LogP contribution in [0.2, 0.25) is 0 Å². The summed E-state index contributed by atoms with van der Waals surface area (Å²) in [5.74, 6) is 0.731. The second-order valence-electron chi connectivity index (χ2n) is 7.58. The smallest absolute Gasteiger partial charge is 0.213 e. The molecule has 6 rings (SSSR count). The normalized spacial score (nSPS) is 18.8. The molecule has 1 aliphatic carbocycles. The van der Waals surface area contributed by atoms with Crippen molar-refractivity contribution in [1.29, 1.82) is 0 Å². The van der Waals surface area contributed by atoms with Gasteiger partial charge in [0.2, 0.25) is 11.9 Å². The summed E-state index contributed by atoms with van der Waals surface area (Å²) in [6.45, 7) is 1.99. The van der Waals surface area contributed by atoms with Crippen molar-refractivity contribution < 1.29 is 13.5 Å². The summed E-state index contributed by atoms with van der Waals surface area (Å²) < 4.78 is 35.5. The first-order chi connectivity index (χ1) is 14.6. The summed E-state index contributed by atoms with van der Waals surface area (Å²) in [6.07, 6.45) is 4.30. The number of pyridine rings is 1. The molecule has 2 atom stereocenters. The summed E-state index contributed by atoms with van der Waals surface area (Å²) in [5, 5.41) is 11.4. The number of ether oxygens (including phenoxy) is 1. The van der Waals surface area contributed by atoms with E-state index in [1.165, 1.54) is 18.5 Å². The van der Waals surface area contributed by atoms with Crippen molar-refractivity contribution in [1.82, 2.24) is 24.6 Å². The fourth-order valence-corrected chi connectivity index (χ4v) is 4.20. The van der Waals surface area contributed by atoms with Crippen LogP contribution < -0.4 is 10.1 Å². The van der Waals surface area contributed by atoms with E-state index in [0.29, 0.717) is 28.4 Å². The third kappa shape index (κ3) is 2.54. The molecule has 0 amide bonds. The van der Waals surface area contributed by atoms with Crippen LogP contribution in [-0.4, -0.2) is 30.7 Å². The van der Waals surface area contributed by atoms with Crippen molar-refractivity contribution in [2.24, 2.45) is 0 Å². The van der Waals surface area contributed by atoms with Gasteiger partial charge < -0.3 is 10.1 Å². The van der Waals surface area contributed by atoms with Gasteiger partial charge in [-0.1, -0.05) is 0 Å². The van der Waals surface area contributed by atoms with Gasteiger partial charge in [-0.3, -0.25) is 4.40 Å². The maximum absolute atomic E-state index is 14.6. The highest BCUT2D eigenvalue weighted by Gasteiger charge is 2.49. The Hall–Kier alpha value is -3.62. The topological polar surface area (TPSA) is 77.2 Å². The Bertz CT molecular complexity index is 1320. The van der Waals surface area contributed by atoms with E-state index in [-0.39, 0.29) is 24.4 Å². The quantitative estimate of drug-likeness (QED) is 0.522. The van der Waals surface area contributed by atoms with Crippen LogP contribution in [0.15, 0.2) is 36.8 Å². The molecule has 4 heterocycles. The molecule has 1 aromatic carbocycles. The van der Waals surface area contributed by atoms with Gasteiger partial charge >= 0.3 is 0 Å². The minimum atomic E-state index is -0.542. The van der Waals surface area contributed by atoms with E-state index in [9.17, 15) is 8.78 Å². The van der Waals surface area contributed by atoms with Crippen LogP contribution in [0.1, 0.15) is 29.2 Å². The number of hydrogen-bond donors (Lipinski definition) is 1. The largest absolute Gasteiger partial charge is 0.489 e. The minimum Gasteiger partial charge on any atom is -0.489 e. The molecule has 1 fully saturated rings. The molecule has 7 nitrogen and oxygen atoms in total. The fourth-order valence-electron chi connectivity index (χ4n) is 4.20. The van der Waals surface area contributed by atoms with Crippen LogP contribution >= 0.6 is 0 Å². The number of halogens is 2. The van der Waals surface area contributed by atoms with Gasteiger partial charge in [0.05, 0.1) is 0 Å². The number of nitrogens with one attached hydrogen (secondary N) is 1. The van der Waals surface area contributed by atoms with Crippen LogP contribution in [0.3, 0.4) is 0 Å². The van der Waals surface area contributed by atoms with E-state index in [4.69, 9.17) is 4.74 Å². The maximum atomic E-state index is 14.6. The third-order valence-corrected chi connectivity index (χ3v) is 5.74. The molecule has 1 saturated carbocycles. The van der Waals surface area contributed by atoms with Crippen molar-refractivity contribution >= 4 is 11.6 Å². The predicted octanol–water partition coefficient (Wildman–Crippen LogP) is 3.63. The molecule has 0 radical (unpaired) electrons. The molecule has 2 aliphatic rings.